The standard InChI is InChI=1S/C6H14FN/c1-5(2)6(7)8(3)4/h5-6H,1-4H3. The van der Waals surface area contributed by atoms with Crippen molar-refractivity contribution < 1.29 is 4.39 Å². The van der Waals surface area contributed by atoms with E-state index < -0.39 is 6.30 Å². The first kappa shape index (κ1) is 7.89. The van der Waals surface area contributed by atoms with Crippen LogP contribution in [0.4, 0.5) is 4.39 Å². The quantitative estimate of drug-likeness (QED) is 0.498. The molecule has 2 heteroatoms. The van der Waals surface area contributed by atoms with E-state index in [0.29, 0.717) is 0 Å². The third kappa shape index (κ3) is 2.26. The summed E-state index contributed by atoms with van der Waals surface area (Å²) >= 11 is 0. The molecule has 0 aromatic heterocycles. The molecule has 0 fully saturated rings. The molecule has 0 saturated carbocycles. The van der Waals surface area contributed by atoms with E-state index in [9.17, 15) is 4.39 Å². The van der Waals surface area contributed by atoms with E-state index in [4.69, 9.17) is 0 Å². The van der Waals surface area contributed by atoms with E-state index in [1.807, 2.05) is 13.8 Å². The molecule has 0 aliphatic heterocycles. The lowest BCUT2D eigenvalue weighted by Gasteiger charge is -2.18. The van der Waals surface area contributed by atoms with Gasteiger partial charge in [0.05, 0.1) is 0 Å². The van der Waals surface area contributed by atoms with Crippen molar-refractivity contribution in [1.82, 2.24) is 4.90 Å². The van der Waals surface area contributed by atoms with E-state index in [-0.39, 0.29) is 5.92 Å². The highest BCUT2D eigenvalue weighted by molar-refractivity contribution is 4.54. The summed E-state index contributed by atoms with van der Waals surface area (Å²) in [7, 11) is 3.48. The van der Waals surface area contributed by atoms with E-state index in [0.717, 1.165) is 0 Å². The summed E-state index contributed by atoms with van der Waals surface area (Å²) in [6.45, 7) is 3.73. The molecule has 1 unspecified atom stereocenters. The molecule has 0 spiro atoms. The molecule has 0 aliphatic carbocycles. The van der Waals surface area contributed by atoms with Crippen molar-refractivity contribution in [2.45, 2.75) is 20.1 Å². The second-order valence-corrected chi connectivity index (χ2v) is 2.58. The summed E-state index contributed by atoms with van der Waals surface area (Å²) in [4.78, 5) is 1.57. The lowest BCUT2D eigenvalue weighted by atomic mass is 10.2. The molecule has 0 aromatic rings. The van der Waals surface area contributed by atoms with Crippen molar-refractivity contribution in [3.05, 3.63) is 0 Å². The van der Waals surface area contributed by atoms with Crippen LogP contribution in [0, 0.1) is 5.92 Å². The summed E-state index contributed by atoms with van der Waals surface area (Å²) in [6.07, 6.45) is -0.796. The fourth-order valence-corrected chi connectivity index (χ4v) is 0.596. The van der Waals surface area contributed by atoms with Crippen LogP contribution in [0.3, 0.4) is 0 Å². The Morgan fingerprint density at radius 3 is 1.62 bits per heavy atom. The molecule has 0 saturated heterocycles. The van der Waals surface area contributed by atoms with Crippen LogP contribution in [-0.2, 0) is 0 Å². The van der Waals surface area contributed by atoms with Gasteiger partial charge in [-0.15, -0.1) is 0 Å². The van der Waals surface area contributed by atoms with E-state index in [2.05, 4.69) is 0 Å². The Kier molecular flexibility index (Phi) is 2.98. The van der Waals surface area contributed by atoms with Gasteiger partial charge in [0.1, 0.15) is 0 Å². The minimum absolute atomic E-state index is 0.102. The molecule has 0 aromatic carbocycles. The second kappa shape index (κ2) is 3.02. The molecule has 50 valence electrons. The first-order valence-electron chi connectivity index (χ1n) is 2.86. The monoisotopic (exact) mass is 119 g/mol. The minimum atomic E-state index is -0.796. The molecule has 1 atom stereocenters. The molecule has 0 rings (SSSR count). The number of halogens is 1. The molecular weight excluding hydrogens is 105 g/mol. The smallest absolute Gasteiger partial charge is 0.155 e. The van der Waals surface area contributed by atoms with Crippen molar-refractivity contribution >= 4 is 0 Å². The predicted molar refractivity (Wildman–Crippen MR) is 33.4 cm³/mol. The maximum Gasteiger partial charge on any atom is 0.155 e. The average molecular weight is 119 g/mol. The maximum absolute atomic E-state index is 12.6. The van der Waals surface area contributed by atoms with Gasteiger partial charge in [-0.2, -0.15) is 0 Å². The molecule has 8 heavy (non-hydrogen) atoms. The van der Waals surface area contributed by atoms with Crippen molar-refractivity contribution in [3.63, 3.8) is 0 Å². The summed E-state index contributed by atoms with van der Waals surface area (Å²) in [5, 5.41) is 0. The van der Waals surface area contributed by atoms with Crippen molar-refractivity contribution in [3.8, 4) is 0 Å². The summed E-state index contributed by atoms with van der Waals surface area (Å²) in [5.74, 6) is 0.102. The highest BCUT2D eigenvalue weighted by Gasteiger charge is 2.11. The number of hydrogen-bond donors (Lipinski definition) is 0. The molecular formula is C6H14FN. The summed E-state index contributed by atoms with van der Waals surface area (Å²) < 4.78 is 12.6. The molecule has 0 heterocycles. The predicted octanol–water partition coefficient (Wildman–Crippen LogP) is 1.50. The molecule has 0 radical (unpaired) electrons. The van der Waals surface area contributed by atoms with Crippen molar-refractivity contribution in [2.75, 3.05) is 14.1 Å². The number of alkyl halides is 1. The van der Waals surface area contributed by atoms with E-state index in [1.165, 1.54) is 0 Å². The summed E-state index contributed by atoms with van der Waals surface area (Å²) in [5.41, 5.74) is 0. The fourth-order valence-electron chi connectivity index (χ4n) is 0.596. The Labute approximate surface area is 50.5 Å². The SMILES string of the molecule is CC(C)C(F)N(C)C. The minimum Gasteiger partial charge on any atom is -0.280 e. The Bertz CT molecular complexity index is 53.5. The van der Waals surface area contributed by atoms with Crippen LogP contribution in [0.5, 0.6) is 0 Å². The van der Waals surface area contributed by atoms with E-state index in [1.54, 1.807) is 19.0 Å². The van der Waals surface area contributed by atoms with Crippen LogP contribution >= 0.6 is 0 Å². The number of rotatable bonds is 2. The Morgan fingerprint density at radius 2 is 1.62 bits per heavy atom. The molecule has 0 amide bonds. The fraction of sp³-hybridized carbons (Fsp3) is 1.00. The first-order valence-corrected chi connectivity index (χ1v) is 2.86. The van der Waals surface area contributed by atoms with Crippen LogP contribution in [-0.4, -0.2) is 25.3 Å². The Morgan fingerprint density at radius 1 is 1.25 bits per heavy atom. The summed E-state index contributed by atoms with van der Waals surface area (Å²) in [6, 6.07) is 0. The lowest BCUT2D eigenvalue weighted by Crippen LogP contribution is -2.27. The zero-order valence-electron chi connectivity index (χ0n) is 5.98. The highest BCUT2D eigenvalue weighted by Crippen LogP contribution is 2.06. The highest BCUT2D eigenvalue weighted by atomic mass is 19.1. The van der Waals surface area contributed by atoms with Gasteiger partial charge < -0.3 is 0 Å². The van der Waals surface area contributed by atoms with Gasteiger partial charge in [-0.25, -0.2) is 4.39 Å². The Balaban J connectivity index is 3.46. The maximum atomic E-state index is 12.6. The van der Waals surface area contributed by atoms with Crippen LogP contribution in [0.15, 0.2) is 0 Å². The number of hydrogen-bond acceptors (Lipinski definition) is 1. The van der Waals surface area contributed by atoms with Gasteiger partial charge in [-0.1, -0.05) is 13.8 Å². The van der Waals surface area contributed by atoms with E-state index >= 15 is 0 Å². The van der Waals surface area contributed by atoms with Crippen LogP contribution in [0.1, 0.15) is 13.8 Å². The van der Waals surface area contributed by atoms with Gasteiger partial charge in [0.15, 0.2) is 6.30 Å². The van der Waals surface area contributed by atoms with Gasteiger partial charge in [0.25, 0.3) is 0 Å². The second-order valence-electron chi connectivity index (χ2n) is 2.58. The zero-order valence-corrected chi connectivity index (χ0v) is 5.98. The molecule has 0 bridgehead atoms. The van der Waals surface area contributed by atoms with Crippen LogP contribution in [0.25, 0.3) is 0 Å². The molecule has 1 nitrogen and oxygen atoms in total. The third-order valence-electron chi connectivity index (χ3n) is 1.04. The molecule has 0 N–H and O–H groups in total. The van der Waals surface area contributed by atoms with Crippen molar-refractivity contribution in [2.24, 2.45) is 5.92 Å². The van der Waals surface area contributed by atoms with Gasteiger partial charge in [0.2, 0.25) is 0 Å². The van der Waals surface area contributed by atoms with Gasteiger partial charge in [0, 0.05) is 0 Å². The Hall–Kier alpha value is -0.110. The van der Waals surface area contributed by atoms with Crippen LogP contribution < -0.4 is 0 Å². The number of nitrogens with zero attached hydrogens (tertiary/aromatic N) is 1. The third-order valence-corrected chi connectivity index (χ3v) is 1.04. The van der Waals surface area contributed by atoms with Crippen LogP contribution in [0.2, 0.25) is 0 Å². The zero-order chi connectivity index (χ0) is 6.73. The largest absolute Gasteiger partial charge is 0.280 e. The topological polar surface area (TPSA) is 3.24 Å². The van der Waals surface area contributed by atoms with Gasteiger partial charge in [-0.3, -0.25) is 4.90 Å². The average Bonchev–Trinajstić information content (AvgIpc) is 1.64. The lowest BCUT2D eigenvalue weighted by molar-refractivity contribution is 0.0900. The first-order chi connectivity index (χ1) is 3.55. The normalized spacial score (nSPS) is 15.4. The van der Waals surface area contributed by atoms with Crippen molar-refractivity contribution in [1.29, 1.82) is 0 Å². The molecule has 0 aliphatic rings. The van der Waals surface area contributed by atoms with Gasteiger partial charge in [-0.05, 0) is 20.0 Å². The van der Waals surface area contributed by atoms with Gasteiger partial charge >= 0.3 is 0 Å².